The number of aryl methyl sites for hydroxylation is 2. The van der Waals surface area contributed by atoms with Crippen LogP contribution in [0.25, 0.3) is 0 Å². The van der Waals surface area contributed by atoms with Crippen molar-refractivity contribution in [2.75, 3.05) is 5.43 Å². The number of nitrogens with zero attached hydrogens (tertiary/aromatic N) is 3. The van der Waals surface area contributed by atoms with E-state index in [0.29, 0.717) is 11.5 Å². The number of benzene rings is 1. The second kappa shape index (κ2) is 5.35. The van der Waals surface area contributed by atoms with E-state index in [9.17, 15) is 4.39 Å². The van der Waals surface area contributed by atoms with E-state index in [1.165, 1.54) is 12.3 Å². The maximum atomic E-state index is 13.3. The van der Waals surface area contributed by atoms with Crippen molar-refractivity contribution in [1.29, 1.82) is 0 Å². The lowest BCUT2D eigenvalue weighted by atomic mass is 10.2. The number of rotatable bonds is 3. The van der Waals surface area contributed by atoms with Gasteiger partial charge >= 0.3 is 0 Å². The number of aromatic nitrogens is 2. The van der Waals surface area contributed by atoms with Crippen LogP contribution in [0.15, 0.2) is 35.4 Å². The quantitative estimate of drug-likeness (QED) is 0.667. The van der Waals surface area contributed by atoms with Gasteiger partial charge < -0.3 is 0 Å². The lowest BCUT2D eigenvalue weighted by Gasteiger charge is -2.01. The Hall–Kier alpha value is -2.30. The van der Waals surface area contributed by atoms with Crippen LogP contribution in [-0.4, -0.2) is 16.2 Å². The lowest BCUT2D eigenvalue weighted by molar-refractivity contribution is 0.626. The maximum absolute atomic E-state index is 13.3. The maximum Gasteiger partial charge on any atom is 0.243 e. The minimum absolute atomic E-state index is 0.315. The van der Waals surface area contributed by atoms with E-state index in [1.807, 2.05) is 19.9 Å². The van der Waals surface area contributed by atoms with Crippen molar-refractivity contribution in [3.63, 3.8) is 0 Å². The van der Waals surface area contributed by atoms with Crippen LogP contribution in [0, 0.1) is 19.7 Å². The molecule has 2 rings (SSSR count). The van der Waals surface area contributed by atoms with E-state index >= 15 is 0 Å². The van der Waals surface area contributed by atoms with E-state index in [1.54, 1.807) is 18.2 Å². The molecule has 1 aromatic heterocycles. The van der Waals surface area contributed by atoms with Crippen molar-refractivity contribution >= 4 is 12.2 Å². The molecule has 1 heterocycles. The van der Waals surface area contributed by atoms with Crippen molar-refractivity contribution in [2.45, 2.75) is 13.8 Å². The first-order chi connectivity index (χ1) is 8.65. The van der Waals surface area contributed by atoms with E-state index in [2.05, 4.69) is 20.5 Å². The fourth-order valence-electron chi connectivity index (χ4n) is 1.52. The Kier molecular flexibility index (Phi) is 3.62. The largest absolute Gasteiger partial charge is 0.245 e. The Morgan fingerprint density at radius 1 is 1.17 bits per heavy atom. The van der Waals surface area contributed by atoms with Crippen molar-refractivity contribution < 1.29 is 4.39 Å². The summed E-state index contributed by atoms with van der Waals surface area (Å²) in [5, 5.41) is 3.91. The topological polar surface area (TPSA) is 50.2 Å². The molecule has 0 fully saturated rings. The van der Waals surface area contributed by atoms with Crippen LogP contribution in [0.3, 0.4) is 0 Å². The van der Waals surface area contributed by atoms with Gasteiger partial charge in [0.1, 0.15) is 5.82 Å². The SMILES string of the molecule is Cc1cc(C)nc(N/N=C\c2ccccc2F)n1. The van der Waals surface area contributed by atoms with Gasteiger partial charge in [-0.1, -0.05) is 18.2 Å². The number of hydrogen-bond acceptors (Lipinski definition) is 4. The summed E-state index contributed by atoms with van der Waals surface area (Å²) in [4.78, 5) is 8.32. The first-order valence-electron chi connectivity index (χ1n) is 5.51. The number of anilines is 1. The normalized spacial score (nSPS) is 10.8. The zero-order valence-corrected chi connectivity index (χ0v) is 10.2. The molecule has 0 spiro atoms. The van der Waals surface area contributed by atoms with Crippen molar-refractivity contribution in [3.8, 4) is 0 Å². The molecule has 0 aliphatic heterocycles. The fraction of sp³-hybridized carbons (Fsp3) is 0.154. The van der Waals surface area contributed by atoms with Crippen molar-refractivity contribution in [2.24, 2.45) is 5.10 Å². The Morgan fingerprint density at radius 2 is 1.83 bits per heavy atom. The molecule has 0 radical (unpaired) electrons. The smallest absolute Gasteiger partial charge is 0.243 e. The van der Waals surface area contributed by atoms with Crippen LogP contribution in [0.1, 0.15) is 17.0 Å². The zero-order chi connectivity index (χ0) is 13.0. The van der Waals surface area contributed by atoms with Crippen molar-refractivity contribution in [3.05, 3.63) is 53.1 Å². The standard InChI is InChI=1S/C13H13FN4/c1-9-7-10(2)17-13(16-9)18-15-8-11-5-3-4-6-12(11)14/h3-8H,1-2H3,(H,16,17,18)/b15-8-. The first kappa shape index (κ1) is 12.2. The highest BCUT2D eigenvalue weighted by Gasteiger charge is 1.98. The summed E-state index contributed by atoms with van der Waals surface area (Å²) >= 11 is 0. The Bertz CT molecular complexity index is 561. The summed E-state index contributed by atoms with van der Waals surface area (Å²) in [6.07, 6.45) is 1.40. The summed E-state index contributed by atoms with van der Waals surface area (Å²) in [7, 11) is 0. The van der Waals surface area contributed by atoms with Gasteiger partial charge in [0, 0.05) is 17.0 Å². The molecule has 0 aliphatic carbocycles. The van der Waals surface area contributed by atoms with Gasteiger partial charge in [-0.2, -0.15) is 5.10 Å². The van der Waals surface area contributed by atoms with E-state index < -0.39 is 0 Å². The van der Waals surface area contributed by atoms with Gasteiger partial charge in [-0.05, 0) is 26.0 Å². The highest BCUT2D eigenvalue weighted by atomic mass is 19.1. The molecule has 1 aromatic carbocycles. The average molecular weight is 244 g/mol. The zero-order valence-electron chi connectivity index (χ0n) is 10.2. The molecule has 0 unspecified atom stereocenters. The van der Waals surface area contributed by atoms with Crippen LogP contribution in [0.5, 0.6) is 0 Å². The van der Waals surface area contributed by atoms with Gasteiger partial charge in [-0.15, -0.1) is 0 Å². The number of hydrazone groups is 1. The van der Waals surface area contributed by atoms with Gasteiger partial charge in [0.05, 0.1) is 6.21 Å². The molecule has 0 amide bonds. The lowest BCUT2D eigenvalue weighted by Crippen LogP contribution is -2.00. The van der Waals surface area contributed by atoms with Gasteiger partial charge in [0.25, 0.3) is 0 Å². The van der Waals surface area contributed by atoms with Gasteiger partial charge in [-0.3, -0.25) is 0 Å². The number of halogens is 1. The summed E-state index contributed by atoms with van der Waals surface area (Å²) < 4.78 is 13.3. The highest BCUT2D eigenvalue weighted by Crippen LogP contribution is 2.05. The Labute approximate surface area is 105 Å². The molecule has 18 heavy (non-hydrogen) atoms. The second-order valence-electron chi connectivity index (χ2n) is 3.87. The van der Waals surface area contributed by atoms with E-state index in [4.69, 9.17) is 0 Å². The Morgan fingerprint density at radius 3 is 2.50 bits per heavy atom. The minimum atomic E-state index is -0.315. The van der Waals surface area contributed by atoms with E-state index in [0.717, 1.165) is 11.4 Å². The molecular weight excluding hydrogens is 231 g/mol. The molecule has 92 valence electrons. The Balaban J connectivity index is 2.10. The van der Waals surface area contributed by atoms with Gasteiger partial charge in [0.15, 0.2) is 0 Å². The van der Waals surface area contributed by atoms with Crippen LogP contribution in [-0.2, 0) is 0 Å². The predicted octanol–water partition coefficient (Wildman–Crippen LogP) is 2.68. The molecular formula is C13H13FN4. The molecule has 1 N–H and O–H groups in total. The number of nitrogens with one attached hydrogen (secondary N) is 1. The monoisotopic (exact) mass is 244 g/mol. The van der Waals surface area contributed by atoms with Gasteiger partial charge in [-0.25, -0.2) is 19.8 Å². The highest BCUT2D eigenvalue weighted by molar-refractivity contribution is 5.80. The summed E-state index contributed by atoms with van der Waals surface area (Å²) in [6.45, 7) is 3.75. The van der Waals surface area contributed by atoms with Crippen LogP contribution in [0.2, 0.25) is 0 Å². The summed E-state index contributed by atoms with van der Waals surface area (Å²) in [6, 6.07) is 8.27. The molecule has 5 heteroatoms. The average Bonchev–Trinajstić information content (AvgIpc) is 2.30. The second-order valence-corrected chi connectivity index (χ2v) is 3.87. The number of hydrogen-bond donors (Lipinski definition) is 1. The minimum Gasteiger partial charge on any atom is -0.245 e. The van der Waals surface area contributed by atoms with E-state index in [-0.39, 0.29) is 5.82 Å². The molecule has 0 saturated heterocycles. The molecule has 0 saturated carbocycles. The molecule has 0 bridgehead atoms. The first-order valence-corrected chi connectivity index (χ1v) is 5.51. The summed E-state index contributed by atoms with van der Waals surface area (Å²) in [5.41, 5.74) is 4.80. The third-order valence-corrected chi connectivity index (χ3v) is 2.26. The summed E-state index contributed by atoms with van der Waals surface area (Å²) in [5.74, 6) is 0.0875. The third-order valence-electron chi connectivity index (χ3n) is 2.26. The predicted molar refractivity (Wildman–Crippen MR) is 69.1 cm³/mol. The molecule has 0 atom stereocenters. The third kappa shape index (κ3) is 3.10. The van der Waals surface area contributed by atoms with Gasteiger partial charge in [0.2, 0.25) is 5.95 Å². The van der Waals surface area contributed by atoms with Crippen LogP contribution in [0.4, 0.5) is 10.3 Å². The molecule has 0 aliphatic rings. The molecule has 4 nitrogen and oxygen atoms in total. The van der Waals surface area contributed by atoms with Crippen LogP contribution >= 0.6 is 0 Å². The fourth-order valence-corrected chi connectivity index (χ4v) is 1.52. The van der Waals surface area contributed by atoms with Crippen molar-refractivity contribution in [1.82, 2.24) is 9.97 Å². The molecule has 2 aromatic rings. The van der Waals surface area contributed by atoms with Crippen LogP contribution < -0.4 is 5.43 Å².